The van der Waals surface area contributed by atoms with Crippen molar-refractivity contribution in [1.29, 1.82) is 0 Å². The van der Waals surface area contributed by atoms with E-state index >= 15 is 0 Å². The van der Waals surface area contributed by atoms with Gasteiger partial charge in [0.1, 0.15) is 11.0 Å². The minimum atomic E-state index is -3.56. The van der Waals surface area contributed by atoms with Crippen LogP contribution in [0.15, 0.2) is 69.0 Å². The van der Waals surface area contributed by atoms with E-state index in [-0.39, 0.29) is 28.5 Å². The minimum absolute atomic E-state index is 0.110. The van der Waals surface area contributed by atoms with Crippen LogP contribution in [0.4, 0.5) is 17.1 Å². The number of fused-ring (bicyclic) bond motifs is 1. The average Bonchev–Trinajstić information content (AvgIpc) is 3.63. The first-order valence-electron chi connectivity index (χ1n) is 11.1. The second-order valence-electron chi connectivity index (χ2n) is 8.73. The van der Waals surface area contributed by atoms with E-state index in [0.29, 0.717) is 24.2 Å². The first-order valence-corrected chi connectivity index (χ1v) is 14.0. The number of anilines is 3. The monoisotopic (exact) mass is 619 g/mol. The fraction of sp³-hybridized carbons (Fsp3) is 0.208. The Labute approximate surface area is 219 Å². The number of hydrogen-bond donors (Lipinski definition) is 2. The maximum absolute atomic E-state index is 13.7. The smallest absolute Gasteiger partial charge is 0.337 e. The Hall–Kier alpha value is -3.39. The van der Waals surface area contributed by atoms with Crippen molar-refractivity contribution in [2.24, 2.45) is 7.05 Å². The molecule has 5 rings (SSSR count). The molecule has 0 unspecified atom stereocenters. The van der Waals surface area contributed by atoms with E-state index in [4.69, 9.17) is 0 Å². The molecule has 0 atom stereocenters. The van der Waals surface area contributed by atoms with E-state index in [1.165, 1.54) is 32.9 Å². The SMILES string of the molecule is Cn1c(=O)cc(Nc2ccc(I)cc2)c2c(=O)n(C3CC3)c(=O)n(-c3cccc(NS(C)(=O)=O)c3)c21. The zero-order valence-corrected chi connectivity index (χ0v) is 22.3. The van der Waals surface area contributed by atoms with Gasteiger partial charge in [-0.25, -0.2) is 17.8 Å². The number of hydrogen-bond acceptors (Lipinski definition) is 6. The number of rotatable bonds is 6. The van der Waals surface area contributed by atoms with Gasteiger partial charge in [-0.15, -0.1) is 0 Å². The Kier molecular flexibility index (Phi) is 6.03. The molecule has 2 aromatic heterocycles. The van der Waals surface area contributed by atoms with Gasteiger partial charge in [-0.05, 0) is 77.9 Å². The molecule has 0 amide bonds. The number of aromatic nitrogens is 3. The highest BCUT2D eigenvalue weighted by Crippen LogP contribution is 2.33. The van der Waals surface area contributed by atoms with E-state index in [1.807, 2.05) is 24.3 Å². The molecule has 0 saturated heterocycles. The molecule has 12 heteroatoms. The molecule has 1 saturated carbocycles. The second-order valence-corrected chi connectivity index (χ2v) is 11.7. The molecule has 186 valence electrons. The van der Waals surface area contributed by atoms with Crippen molar-refractivity contribution in [2.75, 3.05) is 16.3 Å². The average molecular weight is 619 g/mol. The van der Waals surface area contributed by atoms with E-state index in [2.05, 4.69) is 32.6 Å². The summed E-state index contributed by atoms with van der Waals surface area (Å²) in [6.45, 7) is 0. The molecule has 36 heavy (non-hydrogen) atoms. The molecule has 2 aromatic carbocycles. The summed E-state index contributed by atoms with van der Waals surface area (Å²) >= 11 is 2.18. The van der Waals surface area contributed by atoms with Crippen molar-refractivity contribution in [3.05, 3.63) is 89.4 Å². The third-order valence-corrected chi connectivity index (χ3v) is 7.22. The predicted octanol–water partition coefficient (Wildman–Crippen LogP) is 2.91. The van der Waals surface area contributed by atoms with Crippen molar-refractivity contribution in [3.63, 3.8) is 0 Å². The van der Waals surface area contributed by atoms with Crippen LogP contribution in [0.25, 0.3) is 16.7 Å². The first-order chi connectivity index (χ1) is 17.0. The molecule has 0 aliphatic heterocycles. The zero-order chi connectivity index (χ0) is 25.8. The molecule has 4 aromatic rings. The van der Waals surface area contributed by atoms with Crippen LogP contribution in [0, 0.1) is 3.57 Å². The Morgan fingerprint density at radius 2 is 1.67 bits per heavy atom. The maximum atomic E-state index is 13.7. The van der Waals surface area contributed by atoms with Gasteiger partial charge in [0.2, 0.25) is 10.0 Å². The molecular weight excluding hydrogens is 597 g/mol. The lowest BCUT2D eigenvalue weighted by atomic mass is 10.2. The molecule has 10 nitrogen and oxygen atoms in total. The van der Waals surface area contributed by atoms with Gasteiger partial charge in [-0.2, -0.15) is 0 Å². The quantitative estimate of drug-likeness (QED) is 0.320. The standard InChI is InChI=1S/C24H22IN5O5S/c1-28-20(31)13-19(26-15-8-6-14(25)7-9-15)21-22(28)29(24(33)30(23(21)32)17-10-11-17)18-5-3-4-16(12-18)27-36(2,34)35/h3-9,12-13,17,26-27H,10-11H2,1-2H3. The molecule has 0 radical (unpaired) electrons. The predicted molar refractivity (Wildman–Crippen MR) is 148 cm³/mol. The number of aryl methyl sites for hydroxylation is 1. The van der Waals surface area contributed by atoms with Crippen molar-refractivity contribution in [1.82, 2.24) is 13.7 Å². The molecule has 2 N–H and O–H groups in total. The lowest BCUT2D eigenvalue weighted by molar-refractivity contribution is 0.607. The van der Waals surface area contributed by atoms with Crippen molar-refractivity contribution < 1.29 is 8.42 Å². The Morgan fingerprint density at radius 1 is 0.972 bits per heavy atom. The van der Waals surface area contributed by atoms with Crippen LogP contribution < -0.4 is 26.8 Å². The van der Waals surface area contributed by atoms with Crippen molar-refractivity contribution in [3.8, 4) is 5.69 Å². The number of nitrogens with one attached hydrogen (secondary N) is 2. The number of sulfonamides is 1. The lowest BCUT2D eigenvalue weighted by Gasteiger charge is -2.19. The first kappa shape index (κ1) is 24.3. The van der Waals surface area contributed by atoms with E-state index < -0.39 is 26.8 Å². The topological polar surface area (TPSA) is 124 Å². The van der Waals surface area contributed by atoms with Gasteiger partial charge in [-0.3, -0.25) is 23.4 Å². The fourth-order valence-electron chi connectivity index (χ4n) is 4.16. The maximum Gasteiger partial charge on any atom is 0.337 e. The third-order valence-electron chi connectivity index (χ3n) is 5.89. The van der Waals surface area contributed by atoms with Crippen LogP contribution in [0.3, 0.4) is 0 Å². The van der Waals surface area contributed by atoms with Gasteiger partial charge >= 0.3 is 5.69 Å². The molecule has 2 heterocycles. The number of pyridine rings is 1. The van der Waals surface area contributed by atoms with Gasteiger partial charge in [0.15, 0.2) is 0 Å². The van der Waals surface area contributed by atoms with E-state index in [1.54, 1.807) is 18.2 Å². The van der Waals surface area contributed by atoms with Crippen molar-refractivity contribution in [2.45, 2.75) is 18.9 Å². The Bertz CT molecular complexity index is 1800. The summed E-state index contributed by atoms with van der Waals surface area (Å²) < 4.78 is 30.8. The summed E-state index contributed by atoms with van der Waals surface area (Å²) in [6.07, 6.45) is 2.42. The summed E-state index contributed by atoms with van der Waals surface area (Å²) in [6, 6.07) is 14.8. The summed E-state index contributed by atoms with van der Waals surface area (Å²) in [5, 5.41) is 3.36. The van der Waals surface area contributed by atoms with Crippen LogP contribution in [0.2, 0.25) is 0 Å². The fourth-order valence-corrected chi connectivity index (χ4v) is 5.08. The largest absolute Gasteiger partial charge is 0.355 e. The van der Waals surface area contributed by atoms with Gasteiger partial charge in [0.05, 0.1) is 23.3 Å². The summed E-state index contributed by atoms with van der Waals surface area (Å²) in [4.78, 5) is 40.4. The minimum Gasteiger partial charge on any atom is -0.355 e. The molecular formula is C24H22IN5O5S. The Morgan fingerprint density at radius 3 is 2.31 bits per heavy atom. The highest BCUT2D eigenvalue weighted by molar-refractivity contribution is 14.1. The molecule has 0 spiro atoms. The molecule has 1 aliphatic rings. The van der Waals surface area contributed by atoms with Crippen LogP contribution in [-0.2, 0) is 17.1 Å². The molecule has 1 fully saturated rings. The highest BCUT2D eigenvalue weighted by atomic mass is 127. The molecule has 1 aliphatic carbocycles. The summed E-state index contributed by atoms with van der Waals surface area (Å²) in [5.41, 5.74) is 0.145. The van der Waals surface area contributed by atoms with Crippen molar-refractivity contribution >= 4 is 60.7 Å². The second kappa shape index (κ2) is 8.92. The normalized spacial score (nSPS) is 13.6. The number of halogens is 1. The van der Waals surface area contributed by atoms with E-state index in [9.17, 15) is 22.8 Å². The Balaban J connectivity index is 1.85. The van der Waals surface area contributed by atoms with Gasteiger partial charge in [-0.1, -0.05) is 6.07 Å². The lowest BCUT2D eigenvalue weighted by Crippen LogP contribution is -2.41. The number of nitrogens with zero attached hydrogens (tertiary/aromatic N) is 3. The zero-order valence-electron chi connectivity index (χ0n) is 19.4. The van der Waals surface area contributed by atoms with Crippen LogP contribution in [-0.4, -0.2) is 28.4 Å². The van der Waals surface area contributed by atoms with Crippen LogP contribution >= 0.6 is 22.6 Å². The van der Waals surface area contributed by atoms with Crippen LogP contribution in [0.5, 0.6) is 0 Å². The van der Waals surface area contributed by atoms with Gasteiger partial charge in [0, 0.05) is 28.4 Å². The van der Waals surface area contributed by atoms with Crippen LogP contribution in [0.1, 0.15) is 18.9 Å². The summed E-state index contributed by atoms with van der Waals surface area (Å²) in [5.74, 6) is 0. The number of benzene rings is 2. The highest BCUT2D eigenvalue weighted by Gasteiger charge is 2.31. The third kappa shape index (κ3) is 4.57. The summed E-state index contributed by atoms with van der Waals surface area (Å²) in [7, 11) is -2.07. The van der Waals surface area contributed by atoms with Gasteiger partial charge < -0.3 is 5.32 Å². The molecule has 0 bridgehead atoms. The van der Waals surface area contributed by atoms with Gasteiger partial charge in [0.25, 0.3) is 11.1 Å². The van der Waals surface area contributed by atoms with E-state index in [0.717, 1.165) is 9.83 Å².